The monoisotopic (exact) mass is 382 g/mol. The van der Waals surface area contributed by atoms with E-state index in [0.717, 1.165) is 42.6 Å². The van der Waals surface area contributed by atoms with E-state index in [1.807, 2.05) is 0 Å². The van der Waals surface area contributed by atoms with Gasteiger partial charge in [-0.3, -0.25) is 14.4 Å². The van der Waals surface area contributed by atoms with Crippen LogP contribution in [0.2, 0.25) is 0 Å². The van der Waals surface area contributed by atoms with Crippen molar-refractivity contribution in [1.82, 2.24) is 14.7 Å². The van der Waals surface area contributed by atoms with E-state index in [1.165, 1.54) is 12.1 Å². The summed E-state index contributed by atoms with van der Waals surface area (Å²) < 4.78 is 6.83. The van der Waals surface area contributed by atoms with E-state index < -0.39 is 11.5 Å². The van der Waals surface area contributed by atoms with Gasteiger partial charge < -0.3 is 15.3 Å². The molecule has 1 saturated heterocycles. The van der Waals surface area contributed by atoms with Gasteiger partial charge in [0.15, 0.2) is 0 Å². The number of likely N-dealkylation sites (tertiary alicyclic amines) is 1. The highest BCUT2D eigenvalue weighted by Gasteiger charge is 2.27. The molecule has 28 heavy (non-hydrogen) atoms. The molecule has 1 aromatic carbocycles. The Morgan fingerprint density at radius 2 is 2.21 bits per heavy atom. The second-order valence-corrected chi connectivity index (χ2v) is 7.31. The molecule has 1 fully saturated rings. The maximum atomic E-state index is 11.9. The third kappa shape index (κ3) is 3.50. The fraction of sp³-hybridized carbons (Fsp3) is 0.350. The van der Waals surface area contributed by atoms with Crippen LogP contribution in [-0.2, 0) is 13.6 Å². The van der Waals surface area contributed by atoms with E-state index in [0.29, 0.717) is 17.7 Å². The van der Waals surface area contributed by atoms with Gasteiger partial charge in [0.1, 0.15) is 11.3 Å². The summed E-state index contributed by atoms with van der Waals surface area (Å²) >= 11 is 0. The first-order valence-electron chi connectivity index (χ1n) is 9.22. The summed E-state index contributed by atoms with van der Waals surface area (Å²) in [6.07, 6.45) is 3.55. The van der Waals surface area contributed by atoms with Crippen LogP contribution in [0.4, 0.5) is 0 Å². The number of fused-ring (bicyclic) bond motifs is 1. The van der Waals surface area contributed by atoms with Crippen LogP contribution in [0.5, 0.6) is 5.75 Å². The van der Waals surface area contributed by atoms with Gasteiger partial charge in [-0.25, -0.2) is 4.79 Å². The van der Waals surface area contributed by atoms with Crippen molar-refractivity contribution in [3.8, 4) is 5.75 Å². The Hall–Kier alpha value is -3.13. The zero-order valence-electron chi connectivity index (χ0n) is 15.6. The van der Waals surface area contributed by atoms with Gasteiger partial charge in [-0.1, -0.05) is 0 Å². The number of hydrogen-bond acceptors (Lipinski definition) is 6. The fourth-order valence-corrected chi connectivity index (χ4v) is 4.01. The van der Waals surface area contributed by atoms with Crippen LogP contribution in [0.1, 0.15) is 40.4 Å². The molecular weight excluding hydrogens is 360 g/mol. The molecule has 0 bridgehead atoms. The van der Waals surface area contributed by atoms with Crippen LogP contribution in [-0.4, -0.2) is 38.8 Å². The van der Waals surface area contributed by atoms with Crippen LogP contribution in [0.25, 0.3) is 11.0 Å². The Labute approximate surface area is 161 Å². The highest BCUT2D eigenvalue weighted by molar-refractivity contribution is 5.93. The first-order chi connectivity index (χ1) is 13.4. The standard InChI is InChI=1S/C20H22N4O4/c1-23-11-16(20(21)27)19(22-23)12-3-2-6-24(9-12)10-13-7-18(26)28-17-8-14(25)4-5-15(13)17/h4-5,7-8,11-12,25H,2-3,6,9-10H2,1H3,(H2,21,27). The van der Waals surface area contributed by atoms with Crippen molar-refractivity contribution in [3.05, 3.63) is 57.7 Å². The van der Waals surface area contributed by atoms with E-state index >= 15 is 0 Å². The molecule has 2 aromatic heterocycles. The number of benzene rings is 1. The van der Waals surface area contributed by atoms with Crippen molar-refractivity contribution in [3.63, 3.8) is 0 Å². The summed E-state index contributed by atoms with van der Waals surface area (Å²) in [5.41, 5.74) is 7.50. The number of aromatic hydroxyl groups is 1. The first-order valence-corrected chi connectivity index (χ1v) is 9.22. The molecule has 4 rings (SSSR count). The summed E-state index contributed by atoms with van der Waals surface area (Å²) in [6, 6.07) is 6.29. The third-order valence-electron chi connectivity index (χ3n) is 5.22. The molecular formula is C20H22N4O4. The normalized spacial score (nSPS) is 17.8. The Balaban J connectivity index is 1.61. The van der Waals surface area contributed by atoms with Gasteiger partial charge in [0.2, 0.25) is 0 Å². The lowest BCUT2D eigenvalue weighted by Gasteiger charge is -2.32. The number of aromatic nitrogens is 2. The molecule has 0 spiro atoms. The minimum absolute atomic E-state index is 0.0555. The van der Waals surface area contributed by atoms with E-state index in [-0.39, 0.29) is 11.7 Å². The lowest BCUT2D eigenvalue weighted by atomic mass is 9.92. The number of primary amides is 1. The molecule has 0 aliphatic carbocycles. The SMILES string of the molecule is Cn1cc(C(N)=O)c(C2CCCN(Cc3cc(=O)oc4cc(O)ccc34)C2)n1. The molecule has 3 N–H and O–H groups in total. The van der Waals surface area contributed by atoms with Crippen molar-refractivity contribution < 1.29 is 14.3 Å². The highest BCUT2D eigenvalue weighted by Crippen LogP contribution is 2.30. The van der Waals surface area contributed by atoms with Crippen LogP contribution in [0, 0.1) is 0 Å². The molecule has 0 radical (unpaired) electrons. The minimum Gasteiger partial charge on any atom is -0.508 e. The number of piperidine rings is 1. The van der Waals surface area contributed by atoms with Crippen LogP contribution >= 0.6 is 0 Å². The summed E-state index contributed by atoms with van der Waals surface area (Å²) in [7, 11) is 1.78. The van der Waals surface area contributed by atoms with Crippen molar-refractivity contribution >= 4 is 16.9 Å². The Kier molecular flexibility index (Phi) is 4.64. The molecule has 8 heteroatoms. The summed E-state index contributed by atoms with van der Waals surface area (Å²) in [6.45, 7) is 2.17. The van der Waals surface area contributed by atoms with Crippen LogP contribution < -0.4 is 11.4 Å². The Morgan fingerprint density at radius 1 is 1.39 bits per heavy atom. The van der Waals surface area contributed by atoms with Gasteiger partial charge in [0, 0.05) is 49.8 Å². The number of amides is 1. The molecule has 0 saturated carbocycles. The van der Waals surface area contributed by atoms with Gasteiger partial charge in [-0.15, -0.1) is 0 Å². The van der Waals surface area contributed by atoms with Crippen LogP contribution in [0.15, 0.2) is 39.7 Å². The number of rotatable bonds is 4. The van der Waals surface area contributed by atoms with E-state index in [9.17, 15) is 14.7 Å². The maximum Gasteiger partial charge on any atom is 0.336 e. The summed E-state index contributed by atoms with van der Waals surface area (Å²) in [5, 5.41) is 14.9. The Morgan fingerprint density at radius 3 is 3.00 bits per heavy atom. The van der Waals surface area contributed by atoms with Gasteiger partial charge >= 0.3 is 5.63 Å². The maximum absolute atomic E-state index is 11.9. The largest absolute Gasteiger partial charge is 0.508 e. The molecule has 1 aliphatic rings. The van der Waals surface area contributed by atoms with Crippen LogP contribution in [0.3, 0.4) is 0 Å². The van der Waals surface area contributed by atoms with Crippen molar-refractivity contribution in [2.24, 2.45) is 12.8 Å². The smallest absolute Gasteiger partial charge is 0.336 e. The number of carbonyl (C=O) groups is 1. The number of carbonyl (C=O) groups excluding carboxylic acids is 1. The summed E-state index contributed by atoms with van der Waals surface area (Å²) in [5.74, 6) is -0.306. The molecule has 3 aromatic rings. The van der Waals surface area contributed by atoms with Crippen molar-refractivity contribution in [1.29, 1.82) is 0 Å². The lowest BCUT2D eigenvalue weighted by Crippen LogP contribution is -2.35. The fourth-order valence-electron chi connectivity index (χ4n) is 4.01. The average Bonchev–Trinajstić information content (AvgIpc) is 3.03. The molecule has 1 aliphatic heterocycles. The number of phenols is 1. The molecule has 1 amide bonds. The van der Waals surface area contributed by atoms with E-state index in [4.69, 9.17) is 10.2 Å². The number of nitrogens with two attached hydrogens (primary N) is 1. The van der Waals surface area contributed by atoms with Gasteiger partial charge in [0.05, 0.1) is 11.3 Å². The van der Waals surface area contributed by atoms with Crippen molar-refractivity contribution in [2.75, 3.05) is 13.1 Å². The third-order valence-corrected chi connectivity index (χ3v) is 5.22. The van der Waals surface area contributed by atoms with Crippen molar-refractivity contribution in [2.45, 2.75) is 25.3 Å². The second kappa shape index (κ2) is 7.12. The van der Waals surface area contributed by atoms with Gasteiger partial charge in [-0.2, -0.15) is 5.10 Å². The van der Waals surface area contributed by atoms with E-state index in [1.54, 1.807) is 30.1 Å². The molecule has 146 valence electrons. The highest BCUT2D eigenvalue weighted by atomic mass is 16.4. The summed E-state index contributed by atoms with van der Waals surface area (Å²) in [4.78, 5) is 25.9. The van der Waals surface area contributed by atoms with Gasteiger partial charge in [-0.05, 0) is 37.1 Å². The molecule has 8 nitrogen and oxygen atoms in total. The van der Waals surface area contributed by atoms with Gasteiger partial charge in [0.25, 0.3) is 5.91 Å². The predicted octanol–water partition coefficient (Wildman–Crippen LogP) is 1.71. The topological polar surface area (TPSA) is 115 Å². The Bertz CT molecular complexity index is 1100. The second-order valence-electron chi connectivity index (χ2n) is 7.31. The number of hydrogen-bond donors (Lipinski definition) is 2. The lowest BCUT2D eigenvalue weighted by molar-refractivity contribution is 0.0997. The average molecular weight is 382 g/mol. The molecule has 3 heterocycles. The quantitative estimate of drug-likeness (QED) is 0.664. The number of phenolic OH excluding ortho intramolecular Hbond substituents is 1. The van der Waals surface area contributed by atoms with E-state index in [2.05, 4.69) is 10.00 Å². The molecule has 1 atom stereocenters. The predicted molar refractivity (Wildman–Crippen MR) is 103 cm³/mol. The zero-order valence-corrected chi connectivity index (χ0v) is 15.6. The number of aryl methyl sites for hydroxylation is 1. The minimum atomic E-state index is -0.466. The molecule has 1 unspecified atom stereocenters. The first kappa shape index (κ1) is 18.2. The number of nitrogens with zero attached hydrogens (tertiary/aromatic N) is 3. The zero-order chi connectivity index (χ0) is 19.8.